The summed E-state index contributed by atoms with van der Waals surface area (Å²) < 4.78 is 5.63. The number of aromatic nitrogens is 1. The Bertz CT molecular complexity index is 482. The lowest BCUT2D eigenvalue weighted by atomic mass is 10.1. The number of hydrogen-bond donors (Lipinski definition) is 1. The first-order valence-electron chi connectivity index (χ1n) is 8.07. The van der Waals surface area contributed by atoms with Gasteiger partial charge in [-0.15, -0.1) is 0 Å². The lowest BCUT2D eigenvalue weighted by molar-refractivity contribution is 0.0831. The zero-order chi connectivity index (χ0) is 15.4. The number of amides is 2. The van der Waals surface area contributed by atoms with E-state index in [9.17, 15) is 4.79 Å². The Kier molecular flexibility index (Phi) is 4.77. The van der Waals surface area contributed by atoms with Crippen molar-refractivity contribution in [1.82, 2.24) is 15.2 Å². The van der Waals surface area contributed by atoms with Gasteiger partial charge in [-0.3, -0.25) is 0 Å². The summed E-state index contributed by atoms with van der Waals surface area (Å²) in [6, 6.07) is 6.01. The molecule has 2 unspecified atom stereocenters. The average molecular weight is 304 g/mol. The van der Waals surface area contributed by atoms with Gasteiger partial charge in [-0.25, -0.2) is 9.78 Å². The lowest BCUT2D eigenvalue weighted by Gasteiger charge is -2.36. The maximum Gasteiger partial charge on any atom is 0.317 e. The van der Waals surface area contributed by atoms with Crippen molar-refractivity contribution >= 4 is 11.8 Å². The van der Waals surface area contributed by atoms with E-state index in [1.165, 1.54) is 0 Å². The van der Waals surface area contributed by atoms with E-state index in [-0.39, 0.29) is 18.2 Å². The molecule has 2 aliphatic heterocycles. The lowest BCUT2D eigenvalue weighted by Crippen LogP contribution is -2.54. The number of rotatable bonds is 3. The van der Waals surface area contributed by atoms with E-state index in [2.05, 4.69) is 15.2 Å². The van der Waals surface area contributed by atoms with E-state index < -0.39 is 0 Å². The molecule has 0 radical (unpaired) electrons. The summed E-state index contributed by atoms with van der Waals surface area (Å²) in [5.41, 5.74) is 0. The minimum atomic E-state index is 0.0173. The van der Waals surface area contributed by atoms with Gasteiger partial charge in [0.2, 0.25) is 0 Å². The molecule has 6 nitrogen and oxygen atoms in total. The van der Waals surface area contributed by atoms with Crippen LogP contribution in [0.4, 0.5) is 10.6 Å². The molecule has 1 N–H and O–H groups in total. The third-order valence-corrected chi connectivity index (χ3v) is 4.41. The van der Waals surface area contributed by atoms with Gasteiger partial charge in [-0.05, 0) is 31.9 Å². The van der Waals surface area contributed by atoms with Crippen molar-refractivity contribution in [2.45, 2.75) is 31.9 Å². The molecule has 22 heavy (non-hydrogen) atoms. The highest BCUT2D eigenvalue weighted by Crippen LogP contribution is 2.16. The molecule has 0 bridgehead atoms. The van der Waals surface area contributed by atoms with Crippen molar-refractivity contribution in [1.29, 1.82) is 0 Å². The number of carbonyl (C=O) groups is 1. The third kappa shape index (κ3) is 3.50. The van der Waals surface area contributed by atoms with Crippen molar-refractivity contribution in [3.63, 3.8) is 0 Å². The Morgan fingerprint density at radius 3 is 2.82 bits per heavy atom. The van der Waals surface area contributed by atoms with Crippen molar-refractivity contribution < 1.29 is 9.53 Å². The molecule has 3 heterocycles. The van der Waals surface area contributed by atoms with E-state index in [0.29, 0.717) is 0 Å². The average Bonchev–Trinajstić information content (AvgIpc) is 3.10. The minimum Gasteiger partial charge on any atom is -0.376 e. The second-order valence-corrected chi connectivity index (χ2v) is 5.95. The monoisotopic (exact) mass is 304 g/mol. The van der Waals surface area contributed by atoms with Crippen LogP contribution in [0, 0.1) is 0 Å². The zero-order valence-electron chi connectivity index (χ0n) is 13.1. The number of ether oxygens (including phenoxy) is 1. The molecule has 1 aromatic rings. The van der Waals surface area contributed by atoms with Gasteiger partial charge in [-0.2, -0.15) is 0 Å². The summed E-state index contributed by atoms with van der Waals surface area (Å²) in [7, 11) is 0. The van der Waals surface area contributed by atoms with E-state index in [0.717, 1.165) is 51.4 Å². The fraction of sp³-hybridized carbons (Fsp3) is 0.625. The number of carbonyl (C=O) groups excluding carboxylic acids is 1. The van der Waals surface area contributed by atoms with Gasteiger partial charge >= 0.3 is 6.03 Å². The smallest absolute Gasteiger partial charge is 0.317 e. The van der Waals surface area contributed by atoms with Crippen LogP contribution in [0.15, 0.2) is 24.4 Å². The molecular weight excluding hydrogens is 280 g/mol. The van der Waals surface area contributed by atoms with E-state index in [1.54, 1.807) is 6.20 Å². The Morgan fingerprint density at radius 1 is 1.36 bits per heavy atom. The number of hydrogen-bond acceptors (Lipinski definition) is 4. The van der Waals surface area contributed by atoms with E-state index in [4.69, 9.17) is 4.74 Å². The third-order valence-electron chi connectivity index (χ3n) is 4.41. The molecule has 1 aromatic heterocycles. The van der Waals surface area contributed by atoms with Crippen LogP contribution in [-0.2, 0) is 4.74 Å². The molecule has 2 atom stereocenters. The van der Waals surface area contributed by atoms with Gasteiger partial charge in [0.25, 0.3) is 0 Å². The van der Waals surface area contributed by atoms with Gasteiger partial charge in [-0.1, -0.05) is 6.07 Å². The van der Waals surface area contributed by atoms with Gasteiger partial charge in [0, 0.05) is 39.0 Å². The van der Waals surface area contributed by atoms with Gasteiger partial charge in [0.15, 0.2) is 0 Å². The number of urea groups is 1. The maximum atomic E-state index is 12.3. The van der Waals surface area contributed by atoms with Gasteiger partial charge in [0.05, 0.1) is 12.1 Å². The summed E-state index contributed by atoms with van der Waals surface area (Å²) in [6.07, 6.45) is 4.10. The molecular formula is C16H24N4O2. The Morgan fingerprint density at radius 2 is 2.18 bits per heavy atom. The summed E-state index contributed by atoms with van der Waals surface area (Å²) in [6.45, 7) is 5.92. The highest BCUT2D eigenvalue weighted by molar-refractivity contribution is 5.75. The molecule has 2 saturated heterocycles. The molecule has 0 aromatic carbocycles. The van der Waals surface area contributed by atoms with Crippen LogP contribution < -0.4 is 10.2 Å². The minimum absolute atomic E-state index is 0.0173. The summed E-state index contributed by atoms with van der Waals surface area (Å²) >= 11 is 0. The van der Waals surface area contributed by atoms with Crippen LogP contribution in [0.25, 0.3) is 0 Å². The zero-order valence-corrected chi connectivity index (χ0v) is 13.1. The first-order valence-corrected chi connectivity index (χ1v) is 8.07. The van der Waals surface area contributed by atoms with Crippen LogP contribution in [0.2, 0.25) is 0 Å². The molecule has 3 rings (SSSR count). The molecule has 2 fully saturated rings. The standard InChI is InChI=1S/C16H24N4O2/c1-13(14-5-4-12-22-14)18-16(21)20-10-8-19(9-11-20)15-6-2-3-7-17-15/h2-3,6-7,13-14H,4-5,8-12H2,1H3,(H,18,21). The summed E-state index contributed by atoms with van der Waals surface area (Å²) in [4.78, 5) is 20.8. The van der Waals surface area contributed by atoms with Crippen LogP contribution in [0.5, 0.6) is 0 Å². The predicted molar refractivity (Wildman–Crippen MR) is 85.0 cm³/mol. The van der Waals surface area contributed by atoms with E-state index >= 15 is 0 Å². The fourth-order valence-corrected chi connectivity index (χ4v) is 3.06. The van der Waals surface area contributed by atoms with E-state index in [1.807, 2.05) is 30.0 Å². The molecule has 2 aliphatic rings. The van der Waals surface area contributed by atoms with Crippen molar-refractivity contribution in [3.8, 4) is 0 Å². The highest BCUT2D eigenvalue weighted by atomic mass is 16.5. The van der Waals surface area contributed by atoms with Crippen LogP contribution in [-0.4, -0.2) is 60.8 Å². The van der Waals surface area contributed by atoms with Crippen molar-refractivity contribution in [3.05, 3.63) is 24.4 Å². The first kappa shape index (κ1) is 15.1. The number of anilines is 1. The summed E-state index contributed by atoms with van der Waals surface area (Å²) in [5.74, 6) is 0.982. The van der Waals surface area contributed by atoms with Gasteiger partial charge < -0.3 is 19.9 Å². The number of piperazine rings is 1. The molecule has 0 saturated carbocycles. The fourth-order valence-electron chi connectivity index (χ4n) is 3.06. The molecule has 0 aliphatic carbocycles. The largest absolute Gasteiger partial charge is 0.376 e. The van der Waals surface area contributed by atoms with Gasteiger partial charge in [0.1, 0.15) is 5.82 Å². The number of nitrogens with one attached hydrogen (secondary N) is 1. The molecule has 0 spiro atoms. The second-order valence-electron chi connectivity index (χ2n) is 5.95. The molecule has 120 valence electrons. The summed E-state index contributed by atoms with van der Waals surface area (Å²) in [5, 5.41) is 3.07. The SMILES string of the molecule is CC(NC(=O)N1CCN(c2ccccn2)CC1)C1CCCO1. The topological polar surface area (TPSA) is 57.7 Å². The molecule has 6 heteroatoms. The number of nitrogens with zero attached hydrogens (tertiary/aromatic N) is 3. The van der Waals surface area contributed by atoms with Crippen molar-refractivity contribution in [2.75, 3.05) is 37.7 Å². The Balaban J connectivity index is 1.47. The predicted octanol–water partition coefficient (Wildman–Crippen LogP) is 1.48. The Labute approximate surface area is 131 Å². The second kappa shape index (κ2) is 6.96. The Hall–Kier alpha value is -1.82. The first-order chi connectivity index (χ1) is 10.7. The molecule has 2 amide bonds. The van der Waals surface area contributed by atoms with Crippen LogP contribution >= 0.6 is 0 Å². The maximum absolute atomic E-state index is 12.3. The quantitative estimate of drug-likeness (QED) is 0.919. The van der Waals surface area contributed by atoms with Crippen LogP contribution in [0.1, 0.15) is 19.8 Å². The van der Waals surface area contributed by atoms with Crippen LogP contribution in [0.3, 0.4) is 0 Å². The highest BCUT2D eigenvalue weighted by Gasteiger charge is 2.27. The van der Waals surface area contributed by atoms with Crippen molar-refractivity contribution in [2.24, 2.45) is 0 Å². The number of pyridine rings is 1. The normalized spacial score (nSPS) is 23.4.